The van der Waals surface area contributed by atoms with Crippen LogP contribution in [0.25, 0.3) is 10.9 Å². The summed E-state index contributed by atoms with van der Waals surface area (Å²) in [5, 5.41) is 13.7. The lowest BCUT2D eigenvalue weighted by Crippen LogP contribution is -2.43. The molecule has 7 heteroatoms. The third-order valence-electron chi connectivity index (χ3n) is 5.00. The third-order valence-corrected chi connectivity index (χ3v) is 5.00. The number of carbonyl (C=O) groups is 1. The van der Waals surface area contributed by atoms with Crippen LogP contribution < -0.4 is 11.0 Å². The summed E-state index contributed by atoms with van der Waals surface area (Å²) in [5.74, 6) is -0.137. The molecule has 7 nitrogen and oxygen atoms in total. The first-order valence-electron chi connectivity index (χ1n) is 8.94. The third kappa shape index (κ3) is 3.73. The highest BCUT2D eigenvalue weighted by atomic mass is 16.3. The van der Waals surface area contributed by atoms with E-state index in [-0.39, 0.29) is 30.5 Å². The number of aliphatic hydroxyl groups excluding tert-OH is 1. The van der Waals surface area contributed by atoms with Gasteiger partial charge in [0.2, 0.25) is 5.91 Å². The summed E-state index contributed by atoms with van der Waals surface area (Å²) < 4.78 is 1.26. The molecule has 27 heavy (non-hydrogen) atoms. The average molecular weight is 364 g/mol. The first-order valence-corrected chi connectivity index (χ1v) is 8.94. The summed E-state index contributed by atoms with van der Waals surface area (Å²) in [6, 6.07) is 11.2. The molecule has 1 fully saturated rings. The van der Waals surface area contributed by atoms with Crippen LogP contribution in [0.2, 0.25) is 0 Å². The lowest BCUT2D eigenvalue weighted by Gasteiger charge is -2.38. The van der Waals surface area contributed by atoms with Crippen LogP contribution in [-0.4, -0.2) is 31.7 Å². The number of amides is 1. The number of aliphatic hydroxyl groups is 1. The van der Waals surface area contributed by atoms with Crippen molar-refractivity contribution >= 4 is 16.8 Å². The van der Waals surface area contributed by atoms with Gasteiger partial charge in [0.25, 0.3) is 0 Å². The number of aromatic nitrogens is 3. The summed E-state index contributed by atoms with van der Waals surface area (Å²) in [7, 11) is 0. The van der Waals surface area contributed by atoms with Crippen LogP contribution in [0.4, 0.5) is 0 Å². The minimum Gasteiger partial charge on any atom is -0.393 e. The Kier molecular flexibility index (Phi) is 4.68. The molecule has 1 atom stereocenters. The maximum Gasteiger partial charge on any atom is 0.347 e. The minimum atomic E-state index is -0.462. The van der Waals surface area contributed by atoms with Crippen molar-refractivity contribution in [2.75, 3.05) is 0 Å². The van der Waals surface area contributed by atoms with Gasteiger partial charge >= 0.3 is 5.69 Å². The first kappa shape index (κ1) is 17.4. The Balaban J connectivity index is 1.58. The van der Waals surface area contributed by atoms with Crippen molar-refractivity contribution in [1.29, 1.82) is 0 Å². The Morgan fingerprint density at radius 2 is 2.07 bits per heavy atom. The van der Waals surface area contributed by atoms with Crippen molar-refractivity contribution in [2.45, 2.75) is 31.5 Å². The predicted octanol–water partition coefficient (Wildman–Crippen LogP) is 1.42. The minimum absolute atomic E-state index is 0.0978. The summed E-state index contributed by atoms with van der Waals surface area (Å²) >= 11 is 0. The first-order chi connectivity index (χ1) is 13.1. The second kappa shape index (κ2) is 7.28. The maximum atomic E-state index is 12.6. The fourth-order valence-corrected chi connectivity index (χ4v) is 3.51. The standard InChI is InChI=1S/C20H20N4O3/c25-16-9-14(10-16)19(15-8-13-4-1-2-5-17(13)22-11-15)23-18(26)12-24-7-3-6-21-20(24)27/h1-8,11,14,16,19,25H,9-10,12H2,(H,23,26)/t14?,16?,19-/m1/s1. The van der Waals surface area contributed by atoms with E-state index in [1.807, 2.05) is 30.3 Å². The van der Waals surface area contributed by atoms with Crippen LogP contribution in [0.15, 0.2) is 59.8 Å². The van der Waals surface area contributed by atoms with Gasteiger partial charge < -0.3 is 10.4 Å². The lowest BCUT2D eigenvalue weighted by molar-refractivity contribution is -0.123. The second-order valence-electron chi connectivity index (χ2n) is 6.92. The van der Waals surface area contributed by atoms with Gasteiger partial charge in [-0.3, -0.25) is 14.3 Å². The molecule has 3 aromatic rings. The van der Waals surface area contributed by atoms with Crippen molar-refractivity contribution in [2.24, 2.45) is 5.92 Å². The molecule has 0 saturated heterocycles. The fraction of sp³-hybridized carbons (Fsp3) is 0.300. The number of nitrogens with one attached hydrogen (secondary N) is 1. The van der Waals surface area contributed by atoms with Crippen LogP contribution in [-0.2, 0) is 11.3 Å². The Labute approximate surface area is 155 Å². The molecule has 138 valence electrons. The van der Waals surface area contributed by atoms with E-state index in [9.17, 15) is 14.7 Å². The van der Waals surface area contributed by atoms with Gasteiger partial charge in [-0.05, 0) is 42.5 Å². The van der Waals surface area contributed by atoms with Crippen molar-refractivity contribution in [3.63, 3.8) is 0 Å². The second-order valence-corrected chi connectivity index (χ2v) is 6.92. The van der Waals surface area contributed by atoms with Crippen LogP contribution in [0, 0.1) is 5.92 Å². The van der Waals surface area contributed by atoms with Crippen molar-refractivity contribution in [3.8, 4) is 0 Å². The fourth-order valence-electron chi connectivity index (χ4n) is 3.51. The molecule has 2 aromatic heterocycles. The molecule has 0 aliphatic heterocycles. The topological polar surface area (TPSA) is 97.1 Å². The van der Waals surface area contributed by atoms with Crippen LogP contribution in [0.5, 0.6) is 0 Å². The van der Waals surface area contributed by atoms with Crippen molar-refractivity contribution < 1.29 is 9.90 Å². The number of rotatable bonds is 5. The molecule has 1 saturated carbocycles. The quantitative estimate of drug-likeness (QED) is 0.714. The van der Waals surface area contributed by atoms with Gasteiger partial charge in [0.1, 0.15) is 6.54 Å². The number of fused-ring (bicyclic) bond motifs is 1. The molecule has 2 N–H and O–H groups in total. The Bertz CT molecular complexity index is 1030. The largest absolute Gasteiger partial charge is 0.393 e. The smallest absolute Gasteiger partial charge is 0.347 e. The van der Waals surface area contributed by atoms with Gasteiger partial charge in [0.05, 0.1) is 17.7 Å². The van der Waals surface area contributed by atoms with E-state index < -0.39 is 5.69 Å². The summed E-state index contributed by atoms with van der Waals surface area (Å²) in [5.41, 5.74) is 1.33. The molecule has 1 aliphatic carbocycles. The number of hydrogen-bond donors (Lipinski definition) is 2. The van der Waals surface area contributed by atoms with E-state index in [2.05, 4.69) is 15.3 Å². The Hall–Kier alpha value is -3.06. The van der Waals surface area contributed by atoms with E-state index in [1.165, 1.54) is 17.0 Å². The summed E-state index contributed by atoms with van der Waals surface area (Å²) in [6.45, 7) is -0.0978. The normalized spacial score (nSPS) is 20.0. The number of para-hydroxylation sites is 1. The molecule has 1 aliphatic rings. The van der Waals surface area contributed by atoms with Crippen LogP contribution in [0.3, 0.4) is 0 Å². The highest BCUT2D eigenvalue weighted by molar-refractivity contribution is 5.79. The van der Waals surface area contributed by atoms with E-state index in [0.717, 1.165) is 16.5 Å². The molecule has 1 aromatic carbocycles. The monoisotopic (exact) mass is 364 g/mol. The number of hydrogen-bond acceptors (Lipinski definition) is 5. The molecule has 0 spiro atoms. The van der Waals surface area contributed by atoms with Crippen molar-refractivity contribution in [1.82, 2.24) is 19.9 Å². The maximum absolute atomic E-state index is 12.6. The summed E-state index contributed by atoms with van der Waals surface area (Å²) in [4.78, 5) is 32.4. The molecule has 0 radical (unpaired) electrons. The molecular weight excluding hydrogens is 344 g/mol. The van der Waals surface area contributed by atoms with Crippen LogP contribution >= 0.6 is 0 Å². The number of benzene rings is 1. The van der Waals surface area contributed by atoms with Gasteiger partial charge in [-0.2, -0.15) is 0 Å². The summed E-state index contributed by atoms with van der Waals surface area (Å²) in [6.07, 6.45) is 5.64. The molecule has 0 unspecified atom stereocenters. The molecule has 1 amide bonds. The molecular formula is C20H20N4O3. The zero-order chi connectivity index (χ0) is 18.8. The predicted molar refractivity (Wildman–Crippen MR) is 99.9 cm³/mol. The molecule has 4 rings (SSSR count). The molecule has 2 heterocycles. The number of pyridine rings is 1. The number of carbonyl (C=O) groups excluding carboxylic acids is 1. The lowest BCUT2D eigenvalue weighted by atomic mass is 9.75. The van der Waals surface area contributed by atoms with Crippen LogP contribution in [0.1, 0.15) is 24.4 Å². The Morgan fingerprint density at radius 1 is 1.26 bits per heavy atom. The highest BCUT2D eigenvalue weighted by Gasteiger charge is 2.36. The highest BCUT2D eigenvalue weighted by Crippen LogP contribution is 2.38. The van der Waals surface area contributed by atoms with E-state index in [4.69, 9.17) is 0 Å². The van der Waals surface area contributed by atoms with Gasteiger partial charge in [0, 0.05) is 24.0 Å². The van der Waals surface area contributed by atoms with Gasteiger partial charge in [0.15, 0.2) is 0 Å². The SMILES string of the molecule is O=C(Cn1cccnc1=O)N[C@@H](c1cnc2ccccc2c1)C1CC(O)C1. The zero-order valence-electron chi connectivity index (χ0n) is 14.7. The Morgan fingerprint density at radius 3 is 2.85 bits per heavy atom. The van der Waals surface area contributed by atoms with E-state index in [1.54, 1.807) is 12.3 Å². The van der Waals surface area contributed by atoms with Gasteiger partial charge in [-0.1, -0.05) is 18.2 Å². The van der Waals surface area contributed by atoms with E-state index >= 15 is 0 Å². The van der Waals surface area contributed by atoms with Crippen molar-refractivity contribution in [3.05, 3.63) is 71.0 Å². The number of nitrogens with zero attached hydrogens (tertiary/aromatic N) is 3. The van der Waals surface area contributed by atoms with Gasteiger partial charge in [-0.15, -0.1) is 0 Å². The molecule has 0 bridgehead atoms. The average Bonchev–Trinajstić information content (AvgIpc) is 2.65. The zero-order valence-corrected chi connectivity index (χ0v) is 14.7. The van der Waals surface area contributed by atoms with E-state index in [0.29, 0.717) is 12.8 Å². The van der Waals surface area contributed by atoms with Gasteiger partial charge in [-0.25, -0.2) is 9.78 Å².